The van der Waals surface area contributed by atoms with Gasteiger partial charge >= 0.3 is 11.8 Å². The molecule has 4 aromatic rings. The Morgan fingerprint density at radius 3 is 2.26 bits per heavy atom. The van der Waals surface area contributed by atoms with Crippen LogP contribution in [0.1, 0.15) is 25.8 Å². The number of amides is 2. The number of para-hydroxylation sites is 1. The van der Waals surface area contributed by atoms with Gasteiger partial charge in [-0.1, -0.05) is 25.1 Å². The lowest BCUT2D eigenvalue weighted by molar-refractivity contribution is -0.136. The second kappa shape index (κ2) is 12.9. The lowest BCUT2D eigenvalue weighted by atomic mass is 10.1. The normalized spacial score (nSPS) is 10.8. The van der Waals surface area contributed by atoms with E-state index in [1.165, 1.54) is 6.21 Å². The van der Waals surface area contributed by atoms with Gasteiger partial charge in [-0.25, -0.2) is 10.1 Å². The summed E-state index contributed by atoms with van der Waals surface area (Å²) in [4.78, 5) is 24.6. The van der Waals surface area contributed by atoms with E-state index >= 15 is 0 Å². The van der Waals surface area contributed by atoms with Crippen molar-refractivity contribution < 1.29 is 19.1 Å². The van der Waals surface area contributed by atoms with E-state index in [1.54, 1.807) is 28.9 Å². The summed E-state index contributed by atoms with van der Waals surface area (Å²) in [5.74, 6) is -0.285. The van der Waals surface area contributed by atoms with Gasteiger partial charge in [0, 0.05) is 23.0 Å². The van der Waals surface area contributed by atoms with Gasteiger partial charge in [0.05, 0.1) is 25.1 Å². The van der Waals surface area contributed by atoms with Gasteiger partial charge in [-0.2, -0.15) is 10.2 Å². The molecule has 0 spiro atoms. The molecule has 0 bridgehead atoms. The monoisotopic (exact) mass is 511 g/mol. The third-order valence-electron chi connectivity index (χ3n) is 5.36. The molecule has 0 radical (unpaired) electrons. The van der Waals surface area contributed by atoms with Crippen molar-refractivity contribution in [1.82, 2.24) is 15.2 Å². The molecule has 9 heteroatoms. The number of hydrogen-bond donors (Lipinski definition) is 2. The molecule has 0 saturated carbocycles. The van der Waals surface area contributed by atoms with Gasteiger partial charge in [-0.15, -0.1) is 0 Å². The van der Waals surface area contributed by atoms with E-state index in [1.807, 2.05) is 67.7 Å². The number of nitrogens with one attached hydrogen (secondary N) is 2. The third kappa shape index (κ3) is 6.85. The number of carbonyl (C=O) groups is 2. The summed E-state index contributed by atoms with van der Waals surface area (Å²) < 4.78 is 12.8. The van der Waals surface area contributed by atoms with E-state index in [2.05, 4.69) is 22.8 Å². The van der Waals surface area contributed by atoms with Crippen molar-refractivity contribution in [1.29, 1.82) is 0 Å². The minimum Gasteiger partial charge on any atom is -0.494 e. The van der Waals surface area contributed by atoms with Gasteiger partial charge < -0.3 is 14.8 Å². The van der Waals surface area contributed by atoms with Gasteiger partial charge in [0.15, 0.2) is 0 Å². The van der Waals surface area contributed by atoms with Gasteiger partial charge in [-0.05, 0) is 74.0 Å². The molecule has 0 saturated heterocycles. The number of aromatic nitrogens is 2. The van der Waals surface area contributed by atoms with Crippen LogP contribution in [0.15, 0.2) is 90.2 Å². The average Bonchev–Trinajstić information content (AvgIpc) is 3.38. The number of carbonyl (C=O) groups excluding carboxylic acids is 2. The van der Waals surface area contributed by atoms with Crippen LogP contribution in [0.2, 0.25) is 0 Å². The maximum absolute atomic E-state index is 12.3. The number of nitrogens with zero attached hydrogens (tertiary/aromatic N) is 3. The van der Waals surface area contributed by atoms with Crippen molar-refractivity contribution in [2.45, 2.75) is 20.3 Å². The first-order valence-electron chi connectivity index (χ1n) is 12.3. The van der Waals surface area contributed by atoms with Gasteiger partial charge in [-0.3, -0.25) is 9.59 Å². The van der Waals surface area contributed by atoms with E-state index in [0.717, 1.165) is 23.4 Å². The van der Waals surface area contributed by atoms with Crippen molar-refractivity contribution in [2.75, 3.05) is 18.5 Å². The van der Waals surface area contributed by atoms with Crippen molar-refractivity contribution in [2.24, 2.45) is 5.10 Å². The fourth-order valence-corrected chi connectivity index (χ4v) is 3.55. The zero-order valence-corrected chi connectivity index (χ0v) is 21.3. The van der Waals surface area contributed by atoms with Crippen LogP contribution in [0.3, 0.4) is 0 Å². The first kappa shape index (κ1) is 26.2. The van der Waals surface area contributed by atoms with Crippen molar-refractivity contribution in [3.63, 3.8) is 0 Å². The number of hydrazone groups is 1. The standard InChI is InChI=1S/C29H29N5O4/c1-3-18-38-26-14-10-21(11-15-26)27-22(20-34(33-27)24-8-6-5-7-9-24)19-30-32-29(36)28(35)31-23-12-16-25(17-13-23)37-4-2/h5-17,19-20H,3-4,18H2,1-2H3,(H,31,35)(H,32,36). The largest absolute Gasteiger partial charge is 0.494 e. The molecular formula is C29H29N5O4. The second-order valence-corrected chi connectivity index (χ2v) is 8.20. The van der Waals surface area contributed by atoms with Crippen LogP contribution in [-0.2, 0) is 9.59 Å². The molecule has 0 aliphatic rings. The smallest absolute Gasteiger partial charge is 0.329 e. The zero-order chi connectivity index (χ0) is 26.7. The summed E-state index contributed by atoms with van der Waals surface area (Å²) in [6.07, 6.45) is 4.20. The highest BCUT2D eigenvalue weighted by Gasteiger charge is 2.14. The minimum absolute atomic E-state index is 0.468. The minimum atomic E-state index is -0.899. The Labute approximate surface area is 221 Å². The topological polar surface area (TPSA) is 107 Å². The van der Waals surface area contributed by atoms with Crippen LogP contribution < -0.4 is 20.2 Å². The molecule has 0 aliphatic heterocycles. The molecule has 9 nitrogen and oxygen atoms in total. The number of rotatable bonds is 10. The van der Waals surface area contributed by atoms with Crippen LogP contribution in [0.5, 0.6) is 11.5 Å². The summed E-state index contributed by atoms with van der Waals surface area (Å²) >= 11 is 0. The molecule has 3 aromatic carbocycles. The molecule has 0 aliphatic carbocycles. The Morgan fingerprint density at radius 2 is 1.58 bits per heavy atom. The maximum atomic E-state index is 12.3. The Hall–Kier alpha value is -4.92. The molecule has 2 N–H and O–H groups in total. The Kier molecular flexibility index (Phi) is 8.85. The predicted molar refractivity (Wildman–Crippen MR) is 147 cm³/mol. The SMILES string of the molecule is CCCOc1ccc(-c2nn(-c3ccccc3)cc2C=NNC(=O)C(=O)Nc2ccc(OCC)cc2)cc1. The van der Waals surface area contributed by atoms with E-state index in [9.17, 15) is 9.59 Å². The van der Waals surface area contributed by atoms with Crippen LogP contribution in [-0.4, -0.2) is 41.0 Å². The van der Waals surface area contributed by atoms with Crippen LogP contribution in [0.4, 0.5) is 5.69 Å². The van der Waals surface area contributed by atoms with Crippen LogP contribution in [0.25, 0.3) is 16.9 Å². The highest BCUT2D eigenvalue weighted by molar-refractivity contribution is 6.39. The Bertz CT molecular complexity index is 1380. The van der Waals surface area contributed by atoms with E-state index in [0.29, 0.717) is 35.9 Å². The molecule has 38 heavy (non-hydrogen) atoms. The molecule has 0 atom stereocenters. The van der Waals surface area contributed by atoms with Crippen molar-refractivity contribution >= 4 is 23.7 Å². The molecule has 0 unspecified atom stereocenters. The lowest BCUT2D eigenvalue weighted by Crippen LogP contribution is -2.32. The number of hydrogen-bond acceptors (Lipinski definition) is 6. The van der Waals surface area contributed by atoms with Gasteiger partial charge in [0.2, 0.25) is 0 Å². The summed E-state index contributed by atoms with van der Waals surface area (Å²) in [7, 11) is 0. The van der Waals surface area contributed by atoms with Crippen LogP contribution in [0, 0.1) is 0 Å². The first-order valence-corrected chi connectivity index (χ1v) is 12.3. The number of ether oxygens (including phenoxy) is 2. The third-order valence-corrected chi connectivity index (χ3v) is 5.36. The van der Waals surface area contributed by atoms with Gasteiger partial charge in [0.1, 0.15) is 17.2 Å². The predicted octanol–water partition coefficient (Wildman–Crippen LogP) is 4.82. The molecule has 2 amide bonds. The maximum Gasteiger partial charge on any atom is 0.329 e. The molecule has 4 rings (SSSR count). The summed E-state index contributed by atoms with van der Waals surface area (Å²) in [5, 5.41) is 11.3. The zero-order valence-electron chi connectivity index (χ0n) is 21.3. The molecule has 0 fully saturated rings. The number of benzene rings is 3. The fraction of sp³-hybridized carbons (Fsp3) is 0.172. The van der Waals surface area contributed by atoms with E-state index in [-0.39, 0.29) is 0 Å². The van der Waals surface area contributed by atoms with Crippen molar-refractivity contribution in [3.05, 3.63) is 90.6 Å². The average molecular weight is 512 g/mol. The highest BCUT2D eigenvalue weighted by Crippen LogP contribution is 2.25. The summed E-state index contributed by atoms with van der Waals surface area (Å²) in [6.45, 7) is 5.12. The highest BCUT2D eigenvalue weighted by atomic mass is 16.5. The Balaban J connectivity index is 1.48. The number of anilines is 1. The fourth-order valence-electron chi connectivity index (χ4n) is 3.55. The molecule has 194 valence electrons. The first-order chi connectivity index (χ1) is 18.6. The quantitative estimate of drug-likeness (QED) is 0.180. The summed E-state index contributed by atoms with van der Waals surface area (Å²) in [6, 6.07) is 24.0. The van der Waals surface area contributed by atoms with Crippen LogP contribution >= 0.6 is 0 Å². The van der Waals surface area contributed by atoms with Gasteiger partial charge in [0.25, 0.3) is 0 Å². The summed E-state index contributed by atoms with van der Waals surface area (Å²) in [5.41, 5.74) is 5.79. The molecule has 1 aromatic heterocycles. The second-order valence-electron chi connectivity index (χ2n) is 8.20. The van der Waals surface area contributed by atoms with Crippen molar-refractivity contribution in [3.8, 4) is 28.4 Å². The lowest BCUT2D eigenvalue weighted by Gasteiger charge is -2.06. The van der Waals surface area contributed by atoms with E-state index in [4.69, 9.17) is 14.6 Å². The Morgan fingerprint density at radius 1 is 0.895 bits per heavy atom. The molecule has 1 heterocycles. The molecular weight excluding hydrogens is 482 g/mol. The van der Waals surface area contributed by atoms with E-state index < -0.39 is 11.8 Å².